The number of rotatable bonds is 6. The molecule has 9 heteroatoms. The lowest BCUT2D eigenvalue weighted by atomic mass is 10.1. The number of hydrogen-bond donors (Lipinski definition) is 0. The number of hydrogen-bond acceptors (Lipinski definition) is 8. The van der Waals surface area contributed by atoms with Gasteiger partial charge in [0, 0.05) is 5.56 Å². The van der Waals surface area contributed by atoms with E-state index in [1.165, 1.54) is 6.92 Å². The van der Waals surface area contributed by atoms with Gasteiger partial charge in [0.05, 0.1) is 18.2 Å². The van der Waals surface area contributed by atoms with Crippen LogP contribution in [0.2, 0.25) is 0 Å². The number of imide groups is 1. The first-order valence-electron chi connectivity index (χ1n) is 9.10. The van der Waals surface area contributed by atoms with Gasteiger partial charge in [0.25, 0.3) is 17.7 Å². The van der Waals surface area contributed by atoms with Crippen LogP contribution in [0.25, 0.3) is 11.4 Å². The third-order valence-corrected chi connectivity index (χ3v) is 4.71. The minimum atomic E-state index is -1.10. The molecule has 9 nitrogen and oxygen atoms in total. The van der Waals surface area contributed by atoms with Gasteiger partial charge in [-0.15, -0.1) is 0 Å². The van der Waals surface area contributed by atoms with E-state index in [9.17, 15) is 14.4 Å². The molecule has 1 aliphatic heterocycles. The smallest absolute Gasteiger partial charge is 0.329 e. The van der Waals surface area contributed by atoms with E-state index in [0.717, 1.165) is 4.90 Å². The summed E-state index contributed by atoms with van der Waals surface area (Å²) in [6, 6.07) is 12.4. The van der Waals surface area contributed by atoms with E-state index in [2.05, 4.69) is 10.1 Å². The van der Waals surface area contributed by atoms with E-state index in [1.54, 1.807) is 55.6 Å². The first kappa shape index (κ1) is 19.3. The number of esters is 1. The Labute approximate surface area is 171 Å². The first-order chi connectivity index (χ1) is 14.5. The molecule has 4 rings (SSSR count). The van der Waals surface area contributed by atoms with Crippen molar-refractivity contribution in [3.63, 3.8) is 0 Å². The molecule has 2 aromatic carbocycles. The van der Waals surface area contributed by atoms with E-state index < -0.39 is 23.8 Å². The molecule has 2 amide bonds. The highest BCUT2D eigenvalue weighted by molar-refractivity contribution is 6.22. The summed E-state index contributed by atoms with van der Waals surface area (Å²) >= 11 is 0. The number of nitrogens with zero attached hydrogens (tertiary/aromatic N) is 3. The molecule has 0 saturated carbocycles. The summed E-state index contributed by atoms with van der Waals surface area (Å²) in [5, 5.41) is 3.86. The number of benzene rings is 2. The Kier molecular flexibility index (Phi) is 5.01. The van der Waals surface area contributed by atoms with Gasteiger partial charge in [-0.2, -0.15) is 4.98 Å². The van der Waals surface area contributed by atoms with Gasteiger partial charge in [0.2, 0.25) is 5.82 Å². The molecule has 30 heavy (non-hydrogen) atoms. The van der Waals surface area contributed by atoms with E-state index in [0.29, 0.717) is 17.1 Å². The predicted molar refractivity (Wildman–Crippen MR) is 102 cm³/mol. The van der Waals surface area contributed by atoms with Crippen LogP contribution in [-0.4, -0.2) is 46.0 Å². The predicted octanol–water partition coefficient (Wildman–Crippen LogP) is 2.47. The molecule has 2 heterocycles. The Bertz CT molecular complexity index is 1090. The van der Waals surface area contributed by atoms with Crippen molar-refractivity contribution in [1.29, 1.82) is 0 Å². The van der Waals surface area contributed by atoms with Crippen LogP contribution in [0, 0.1) is 0 Å². The monoisotopic (exact) mass is 407 g/mol. The fourth-order valence-electron chi connectivity index (χ4n) is 3.09. The SMILES string of the molecule is COc1ccc(-c2noc(COC(=O)C(C)N3C(=O)c4ccccc4C3=O)n2)cc1. The van der Waals surface area contributed by atoms with Gasteiger partial charge in [-0.25, -0.2) is 4.79 Å². The summed E-state index contributed by atoms with van der Waals surface area (Å²) < 4.78 is 15.4. The molecule has 1 unspecified atom stereocenters. The van der Waals surface area contributed by atoms with E-state index >= 15 is 0 Å². The van der Waals surface area contributed by atoms with Gasteiger partial charge >= 0.3 is 5.97 Å². The zero-order chi connectivity index (χ0) is 21.3. The Morgan fingerprint density at radius 2 is 1.70 bits per heavy atom. The standard InChI is InChI=1S/C21H17N3O6/c1-12(24-19(25)15-5-3-4-6-16(15)20(24)26)21(27)29-11-17-22-18(23-30-17)13-7-9-14(28-2)10-8-13/h3-10,12H,11H2,1-2H3. The minimum Gasteiger partial charge on any atom is -0.497 e. The number of fused-ring (bicyclic) bond motifs is 1. The van der Waals surface area contributed by atoms with Crippen molar-refractivity contribution in [3.05, 3.63) is 65.5 Å². The molecule has 1 atom stereocenters. The van der Waals surface area contributed by atoms with Crippen molar-refractivity contribution in [2.75, 3.05) is 7.11 Å². The van der Waals surface area contributed by atoms with Crippen molar-refractivity contribution < 1.29 is 28.4 Å². The molecule has 0 bridgehead atoms. The lowest BCUT2D eigenvalue weighted by Gasteiger charge is -2.20. The second-order valence-electron chi connectivity index (χ2n) is 6.55. The van der Waals surface area contributed by atoms with Crippen LogP contribution in [0.4, 0.5) is 0 Å². The molecule has 0 saturated heterocycles. The molecule has 0 radical (unpaired) electrons. The third kappa shape index (κ3) is 3.41. The number of carbonyl (C=O) groups is 3. The fourth-order valence-corrected chi connectivity index (χ4v) is 3.09. The molecular weight excluding hydrogens is 390 g/mol. The molecule has 1 aromatic heterocycles. The number of ether oxygens (including phenoxy) is 2. The normalized spacial score (nSPS) is 13.9. The summed E-state index contributed by atoms with van der Waals surface area (Å²) in [5.41, 5.74) is 1.24. The van der Waals surface area contributed by atoms with Crippen molar-refractivity contribution >= 4 is 17.8 Å². The lowest BCUT2D eigenvalue weighted by Crippen LogP contribution is -2.43. The molecule has 1 aliphatic rings. The fraction of sp³-hybridized carbons (Fsp3) is 0.190. The van der Waals surface area contributed by atoms with Gasteiger partial charge in [0.1, 0.15) is 11.8 Å². The highest BCUT2D eigenvalue weighted by Gasteiger charge is 2.41. The van der Waals surface area contributed by atoms with Crippen molar-refractivity contribution in [1.82, 2.24) is 15.0 Å². The summed E-state index contributed by atoms with van der Waals surface area (Å²) in [7, 11) is 1.57. The molecule has 0 spiro atoms. The molecule has 3 aromatic rings. The van der Waals surface area contributed by atoms with Gasteiger partial charge < -0.3 is 14.0 Å². The summed E-state index contributed by atoms with van der Waals surface area (Å²) in [4.78, 5) is 42.5. The van der Waals surface area contributed by atoms with Crippen LogP contribution < -0.4 is 4.74 Å². The van der Waals surface area contributed by atoms with Crippen molar-refractivity contribution in [2.24, 2.45) is 0 Å². The summed E-state index contributed by atoms with van der Waals surface area (Å²) in [6.07, 6.45) is 0. The minimum absolute atomic E-state index is 0.0868. The second-order valence-corrected chi connectivity index (χ2v) is 6.55. The average Bonchev–Trinajstić information content (AvgIpc) is 3.35. The van der Waals surface area contributed by atoms with Crippen LogP contribution in [0.5, 0.6) is 5.75 Å². The Balaban J connectivity index is 1.40. The van der Waals surface area contributed by atoms with Crippen LogP contribution in [0.15, 0.2) is 53.1 Å². The topological polar surface area (TPSA) is 112 Å². The first-order valence-corrected chi connectivity index (χ1v) is 9.10. The molecule has 0 aliphatic carbocycles. The average molecular weight is 407 g/mol. The maximum Gasteiger partial charge on any atom is 0.329 e. The quantitative estimate of drug-likeness (QED) is 0.452. The molecular formula is C21H17N3O6. The van der Waals surface area contributed by atoms with Crippen LogP contribution >= 0.6 is 0 Å². The van der Waals surface area contributed by atoms with Crippen molar-refractivity contribution in [3.8, 4) is 17.1 Å². The largest absolute Gasteiger partial charge is 0.497 e. The third-order valence-electron chi connectivity index (χ3n) is 4.71. The Morgan fingerprint density at radius 1 is 1.07 bits per heavy atom. The zero-order valence-corrected chi connectivity index (χ0v) is 16.2. The molecule has 0 N–H and O–H groups in total. The highest BCUT2D eigenvalue weighted by atomic mass is 16.6. The van der Waals surface area contributed by atoms with E-state index in [4.69, 9.17) is 14.0 Å². The van der Waals surface area contributed by atoms with Gasteiger partial charge in [-0.05, 0) is 43.3 Å². The maximum absolute atomic E-state index is 12.5. The van der Waals surface area contributed by atoms with Gasteiger partial charge in [-0.3, -0.25) is 14.5 Å². The zero-order valence-electron chi connectivity index (χ0n) is 16.2. The van der Waals surface area contributed by atoms with E-state index in [-0.39, 0.29) is 23.6 Å². The van der Waals surface area contributed by atoms with E-state index in [1.807, 2.05) is 0 Å². The molecule has 152 valence electrons. The number of aromatic nitrogens is 2. The second kappa shape index (κ2) is 7.78. The van der Waals surface area contributed by atoms with Gasteiger partial charge in [-0.1, -0.05) is 17.3 Å². The van der Waals surface area contributed by atoms with Crippen molar-refractivity contribution in [2.45, 2.75) is 19.6 Å². The summed E-state index contributed by atoms with van der Waals surface area (Å²) in [5.74, 6) is -0.702. The van der Waals surface area contributed by atoms with Crippen LogP contribution in [0.1, 0.15) is 33.5 Å². The lowest BCUT2D eigenvalue weighted by molar-refractivity contribution is -0.149. The van der Waals surface area contributed by atoms with Crippen LogP contribution in [-0.2, 0) is 16.1 Å². The number of amides is 2. The highest BCUT2D eigenvalue weighted by Crippen LogP contribution is 2.25. The van der Waals surface area contributed by atoms with Gasteiger partial charge in [0.15, 0.2) is 6.61 Å². The number of carbonyl (C=O) groups excluding carboxylic acids is 3. The molecule has 0 fully saturated rings. The van der Waals surface area contributed by atoms with Crippen LogP contribution in [0.3, 0.4) is 0 Å². The summed E-state index contributed by atoms with van der Waals surface area (Å²) in [6.45, 7) is 1.15. The number of methoxy groups -OCH3 is 1. The maximum atomic E-state index is 12.5. The Morgan fingerprint density at radius 3 is 2.30 bits per heavy atom. The Hall–Kier alpha value is -4.01.